The Morgan fingerprint density at radius 1 is 1.67 bits per heavy atom. The molecule has 0 fully saturated rings. The first-order valence-electron chi connectivity index (χ1n) is 5.35. The monoisotopic (exact) mass is 273 g/mol. The summed E-state index contributed by atoms with van der Waals surface area (Å²) in [5, 5.41) is 8.99. The molecule has 0 saturated heterocycles. The molecule has 0 aliphatic rings. The Morgan fingerprint density at radius 2 is 2.39 bits per heavy atom. The quantitative estimate of drug-likeness (QED) is 0.726. The van der Waals surface area contributed by atoms with E-state index in [2.05, 4.69) is 0 Å². The number of rotatable bonds is 6. The van der Waals surface area contributed by atoms with Crippen LogP contribution < -0.4 is 11.2 Å². The summed E-state index contributed by atoms with van der Waals surface area (Å²) in [6.07, 6.45) is 0.990. The molecule has 1 heterocycles. The Bertz CT molecular complexity index is 459. The second-order valence-corrected chi connectivity index (χ2v) is 4.50. The summed E-state index contributed by atoms with van der Waals surface area (Å²) in [5.74, 6) is 0.300. The van der Waals surface area contributed by atoms with Crippen molar-refractivity contribution in [3.63, 3.8) is 0 Å². The van der Waals surface area contributed by atoms with Crippen LogP contribution in [0.4, 0.5) is 0 Å². The van der Waals surface area contributed by atoms with E-state index >= 15 is 0 Å². The van der Waals surface area contributed by atoms with Crippen molar-refractivity contribution in [1.29, 1.82) is 0 Å². The van der Waals surface area contributed by atoms with Gasteiger partial charge in [-0.3, -0.25) is 9.59 Å². The van der Waals surface area contributed by atoms with Crippen LogP contribution in [0, 0.1) is 0 Å². The second kappa shape index (κ2) is 7.07. The van der Waals surface area contributed by atoms with Gasteiger partial charge in [-0.2, -0.15) is 11.8 Å². The Kier molecular flexibility index (Phi) is 5.73. The highest BCUT2D eigenvalue weighted by molar-refractivity contribution is 7.98. The maximum absolute atomic E-state index is 11.2. The second-order valence-electron chi connectivity index (χ2n) is 3.47. The van der Waals surface area contributed by atoms with Gasteiger partial charge in [0.05, 0.1) is 12.4 Å². The highest BCUT2D eigenvalue weighted by Gasteiger charge is 2.14. The first kappa shape index (κ1) is 14.6. The van der Waals surface area contributed by atoms with Crippen LogP contribution in [0.1, 0.15) is 12.7 Å². The van der Waals surface area contributed by atoms with Gasteiger partial charge in [0.25, 0.3) is 0 Å². The van der Waals surface area contributed by atoms with Crippen LogP contribution in [0.5, 0.6) is 5.75 Å². The molecule has 0 aromatic carbocycles. The molecule has 7 heteroatoms. The van der Waals surface area contributed by atoms with Gasteiger partial charge in [0.1, 0.15) is 18.1 Å². The number of aromatic hydroxyl groups is 1. The van der Waals surface area contributed by atoms with Crippen molar-refractivity contribution >= 4 is 17.7 Å². The molecule has 1 atom stereocenters. The van der Waals surface area contributed by atoms with Gasteiger partial charge in [-0.25, -0.2) is 0 Å². The zero-order valence-electron chi connectivity index (χ0n) is 9.92. The van der Waals surface area contributed by atoms with E-state index in [4.69, 9.17) is 20.0 Å². The fraction of sp³-hybridized carbons (Fsp3) is 0.455. The van der Waals surface area contributed by atoms with Crippen LogP contribution in [-0.2, 0) is 15.3 Å². The summed E-state index contributed by atoms with van der Waals surface area (Å²) in [4.78, 5) is 22.3. The Hall–Kier alpha value is -1.47. The van der Waals surface area contributed by atoms with E-state index in [0.29, 0.717) is 23.9 Å². The fourth-order valence-electron chi connectivity index (χ4n) is 1.12. The molecule has 0 spiro atoms. The van der Waals surface area contributed by atoms with Crippen LogP contribution in [0.3, 0.4) is 0 Å². The van der Waals surface area contributed by atoms with Crippen LogP contribution >= 0.6 is 11.8 Å². The first-order valence-corrected chi connectivity index (χ1v) is 6.50. The third kappa shape index (κ3) is 4.42. The molecule has 0 bridgehead atoms. The van der Waals surface area contributed by atoms with E-state index in [-0.39, 0.29) is 0 Å². The normalized spacial score (nSPS) is 12.1. The van der Waals surface area contributed by atoms with Crippen LogP contribution in [0.25, 0.3) is 0 Å². The lowest BCUT2D eigenvalue weighted by molar-refractivity contribution is -0.144. The molecule has 1 rings (SSSR count). The number of thioether (sulfide) groups is 1. The summed E-state index contributed by atoms with van der Waals surface area (Å²) in [7, 11) is 0. The van der Waals surface area contributed by atoms with Crippen LogP contribution in [-0.4, -0.2) is 29.5 Å². The van der Waals surface area contributed by atoms with Crippen LogP contribution in [0.2, 0.25) is 0 Å². The molecular formula is C11H15NO5S. The Balaban J connectivity index is 2.39. The van der Waals surface area contributed by atoms with Crippen molar-refractivity contribution in [2.24, 2.45) is 5.73 Å². The van der Waals surface area contributed by atoms with Crippen molar-refractivity contribution < 1.29 is 19.1 Å². The smallest absolute Gasteiger partial charge is 0.323 e. The lowest BCUT2D eigenvalue weighted by Gasteiger charge is -2.09. The van der Waals surface area contributed by atoms with Gasteiger partial charge in [-0.15, -0.1) is 0 Å². The number of hydrogen-bond acceptors (Lipinski definition) is 7. The van der Waals surface area contributed by atoms with Gasteiger partial charge < -0.3 is 20.0 Å². The molecular weight excluding hydrogens is 258 g/mol. The molecule has 0 aliphatic heterocycles. The maximum Gasteiger partial charge on any atom is 0.323 e. The third-order valence-corrected chi connectivity index (χ3v) is 3.08. The molecule has 0 radical (unpaired) electrons. The van der Waals surface area contributed by atoms with Crippen molar-refractivity contribution in [2.45, 2.75) is 18.7 Å². The number of carbonyl (C=O) groups is 1. The highest BCUT2D eigenvalue weighted by Crippen LogP contribution is 2.13. The Labute approximate surface area is 108 Å². The van der Waals surface area contributed by atoms with E-state index in [1.807, 2.05) is 0 Å². The summed E-state index contributed by atoms with van der Waals surface area (Å²) in [6, 6.07) is 0.511. The van der Waals surface area contributed by atoms with Gasteiger partial charge in [0.15, 0.2) is 5.75 Å². The molecule has 3 N–H and O–H groups in total. The standard InChI is InChI=1S/C11H15NO5S/c1-2-16-11(15)8(12)6-18-5-7-3-9(13)10(14)4-17-7/h3-4,8,14H,2,5-6,12H2,1H3. The lowest BCUT2D eigenvalue weighted by atomic mass is 10.4. The Morgan fingerprint density at radius 3 is 3.00 bits per heavy atom. The number of carbonyl (C=O) groups excluding carboxylic acids is 1. The van der Waals surface area contributed by atoms with Gasteiger partial charge >= 0.3 is 5.97 Å². The number of ether oxygens (including phenoxy) is 1. The van der Waals surface area contributed by atoms with Gasteiger partial charge in [0, 0.05) is 11.8 Å². The van der Waals surface area contributed by atoms with E-state index in [9.17, 15) is 9.59 Å². The van der Waals surface area contributed by atoms with E-state index in [1.165, 1.54) is 17.8 Å². The molecule has 0 saturated carbocycles. The van der Waals surface area contributed by atoms with Crippen molar-refractivity contribution in [1.82, 2.24) is 0 Å². The summed E-state index contributed by atoms with van der Waals surface area (Å²) < 4.78 is 9.76. The highest BCUT2D eigenvalue weighted by atomic mass is 32.2. The average molecular weight is 273 g/mol. The summed E-state index contributed by atoms with van der Waals surface area (Å²) in [6.45, 7) is 2.01. The molecule has 6 nitrogen and oxygen atoms in total. The predicted molar refractivity (Wildman–Crippen MR) is 67.4 cm³/mol. The molecule has 0 amide bonds. The minimum atomic E-state index is -0.696. The zero-order chi connectivity index (χ0) is 13.5. The van der Waals surface area contributed by atoms with Crippen LogP contribution in [0.15, 0.2) is 21.5 Å². The zero-order valence-corrected chi connectivity index (χ0v) is 10.7. The molecule has 1 aromatic heterocycles. The third-order valence-electron chi connectivity index (χ3n) is 2.00. The van der Waals surface area contributed by atoms with Gasteiger partial charge in [-0.1, -0.05) is 0 Å². The number of hydrogen-bond donors (Lipinski definition) is 2. The molecule has 0 aliphatic carbocycles. The fourth-order valence-corrected chi connectivity index (χ4v) is 1.98. The summed E-state index contributed by atoms with van der Waals surface area (Å²) >= 11 is 1.34. The van der Waals surface area contributed by atoms with Crippen molar-refractivity contribution in [2.75, 3.05) is 12.4 Å². The average Bonchev–Trinajstić information content (AvgIpc) is 2.34. The van der Waals surface area contributed by atoms with Crippen molar-refractivity contribution in [3.05, 3.63) is 28.3 Å². The first-order chi connectivity index (χ1) is 8.54. The SMILES string of the molecule is CCOC(=O)C(N)CSCc1cc(=O)c(O)co1. The number of nitrogens with two attached hydrogens (primary N) is 1. The minimum absolute atomic E-state index is 0.296. The predicted octanol–water partition coefficient (Wildman–Crippen LogP) is 0.469. The van der Waals surface area contributed by atoms with E-state index < -0.39 is 23.2 Å². The molecule has 1 aromatic rings. The minimum Gasteiger partial charge on any atom is -0.502 e. The van der Waals surface area contributed by atoms with Crippen molar-refractivity contribution in [3.8, 4) is 5.75 Å². The largest absolute Gasteiger partial charge is 0.502 e. The molecule has 18 heavy (non-hydrogen) atoms. The molecule has 100 valence electrons. The molecule has 1 unspecified atom stereocenters. The van der Waals surface area contributed by atoms with Gasteiger partial charge in [0.2, 0.25) is 5.43 Å². The maximum atomic E-state index is 11.2. The topological polar surface area (TPSA) is 103 Å². The lowest BCUT2D eigenvalue weighted by Crippen LogP contribution is -2.34. The number of esters is 1. The van der Waals surface area contributed by atoms with Gasteiger partial charge in [-0.05, 0) is 6.92 Å². The van der Waals surface area contributed by atoms with E-state index in [0.717, 1.165) is 6.26 Å². The summed E-state index contributed by atoms with van der Waals surface area (Å²) in [5.41, 5.74) is 5.10. The van der Waals surface area contributed by atoms with E-state index in [1.54, 1.807) is 6.92 Å².